The lowest BCUT2D eigenvalue weighted by molar-refractivity contribution is -0.120. The van der Waals surface area contributed by atoms with Crippen molar-refractivity contribution in [3.8, 4) is 0 Å². The lowest BCUT2D eigenvalue weighted by Gasteiger charge is -2.09. The van der Waals surface area contributed by atoms with Crippen LogP contribution in [0.5, 0.6) is 0 Å². The van der Waals surface area contributed by atoms with Crippen molar-refractivity contribution in [2.75, 3.05) is 6.54 Å². The average Bonchev–Trinajstić information content (AvgIpc) is 2.56. The number of aromatic amines is 1. The molecule has 5 nitrogen and oxygen atoms in total. The van der Waals surface area contributed by atoms with Crippen molar-refractivity contribution in [1.29, 1.82) is 0 Å². The van der Waals surface area contributed by atoms with Gasteiger partial charge in [-0.2, -0.15) is 0 Å². The van der Waals surface area contributed by atoms with Gasteiger partial charge in [0.25, 0.3) is 0 Å². The van der Waals surface area contributed by atoms with Crippen molar-refractivity contribution < 1.29 is 4.79 Å². The molecule has 0 spiro atoms. The van der Waals surface area contributed by atoms with Gasteiger partial charge in [0.1, 0.15) is 5.82 Å². The molecule has 1 aromatic heterocycles. The first-order valence-corrected chi connectivity index (χ1v) is 3.72. The van der Waals surface area contributed by atoms with E-state index in [2.05, 4.69) is 15.3 Å². The number of nitrogens with zero attached hydrogens (tertiary/aromatic N) is 1. The lowest BCUT2D eigenvalue weighted by Crippen LogP contribution is -2.32. The first kappa shape index (κ1) is 8.73. The molecule has 12 heavy (non-hydrogen) atoms. The molecule has 4 N–H and O–H groups in total. The summed E-state index contributed by atoms with van der Waals surface area (Å²) in [4.78, 5) is 17.7. The summed E-state index contributed by atoms with van der Waals surface area (Å²) in [6.45, 7) is 1.84. The van der Waals surface area contributed by atoms with Crippen LogP contribution in [0.15, 0.2) is 12.4 Å². The normalized spacial score (nSPS) is 12.5. The van der Waals surface area contributed by atoms with Crippen LogP contribution in [0.1, 0.15) is 18.8 Å². The minimum Gasteiger partial charge on any atom is -0.347 e. The fourth-order valence-corrected chi connectivity index (χ4v) is 0.883. The molecule has 1 aromatic rings. The van der Waals surface area contributed by atoms with Gasteiger partial charge in [0.15, 0.2) is 0 Å². The standard InChI is InChI=1S/C7H12N4O/c1-5(11-6(12)4-8)7-9-2-3-10-7/h2-3,5H,4,8H2,1H3,(H,9,10)(H,11,12)/t5-/m1/s1. The van der Waals surface area contributed by atoms with Crippen molar-refractivity contribution in [1.82, 2.24) is 15.3 Å². The van der Waals surface area contributed by atoms with E-state index in [0.717, 1.165) is 5.82 Å². The number of carbonyl (C=O) groups excluding carboxylic acids is 1. The predicted octanol–water partition coefficient (Wildman–Crippen LogP) is -0.454. The molecule has 0 aromatic carbocycles. The van der Waals surface area contributed by atoms with Crippen LogP contribution in [0, 0.1) is 0 Å². The Balaban J connectivity index is 2.49. The predicted molar refractivity (Wildman–Crippen MR) is 44.2 cm³/mol. The highest BCUT2D eigenvalue weighted by Crippen LogP contribution is 2.03. The van der Waals surface area contributed by atoms with E-state index in [1.165, 1.54) is 0 Å². The monoisotopic (exact) mass is 168 g/mol. The summed E-state index contributed by atoms with van der Waals surface area (Å²) in [7, 11) is 0. The molecule has 1 heterocycles. The highest BCUT2D eigenvalue weighted by atomic mass is 16.1. The van der Waals surface area contributed by atoms with Crippen LogP contribution < -0.4 is 11.1 Å². The molecule has 1 atom stereocenters. The van der Waals surface area contributed by atoms with Crippen molar-refractivity contribution in [2.24, 2.45) is 5.73 Å². The first-order valence-electron chi connectivity index (χ1n) is 3.72. The zero-order valence-electron chi connectivity index (χ0n) is 6.87. The van der Waals surface area contributed by atoms with Gasteiger partial charge in [0.05, 0.1) is 12.6 Å². The number of imidazole rings is 1. The van der Waals surface area contributed by atoms with Crippen molar-refractivity contribution in [2.45, 2.75) is 13.0 Å². The fraction of sp³-hybridized carbons (Fsp3) is 0.429. The van der Waals surface area contributed by atoms with Crippen LogP contribution in [0.4, 0.5) is 0 Å². The summed E-state index contributed by atoms with van der Waals surface area (Å²) in [5.41, 5.74) is 5.13. The van der Waals surface area contributed by atoms with Crippen molar-refractivity contribution >= 4 is 5.91 Å². The SMILES string of the molecule is C[C@@H](NC(=O)CN)c1ncc[nH]1. The Hall–Kier alpha value is -1.36. The summed E-state index contributed by atoms with van der Waals surface area (Å²) in [6.07, 6.45) is 3.35. The molecule has 0 aliphatic rings. The number of nitrogens with one attached hydrogen (secondary N) is 2. The zero-order valence-corrected chi connectivity index (χ0v) is 6.87. The number of H-pyrrole nitrogens is 1. The van der Waals surface area contributed by atoms with Gasteiger partial charge in [0.2, 0.25) is 5.91 Å². The Bertz CT molecular complexity index is 244. The van der Waals surface area contributed by atoms with Gasteiger partial charge in [-0.1, -0.05) is 0 Å². The number of carbonyl (C=O) groups is 1. The minimum atomic E-state index is -0.182. The summed E-state index contributed by atoms with van der Waals surface area (Å²) in [5, 5.41) is 2.67. The van der Waals surface area contributed by atoms with Crippen LogP contribution in [-0.4, -0.2) is 22.4 Å². The van der Waals surface area contributed by atoms with E-state index in [9.17, 15) is 4.79 Å². The van der Waals surface area contributed by atoms with Gasteiger partial charge in [0, 0.05) is 12.4 Å². The molecule has 0 radical (unpaired) electrons. The van der Waals surface area contributed by atoms with Crippen LogP contribution in [0.2, 0.25) is 0 Å². The third-order valence-corrected chi connectivity index (χ3v) is 1.49. The summed E-state index contributed by atoms with van der Waals surface area (Å²) in [6, 6.07) is -0.115. The second kappa shape index (κ2) is 3.87. The number of hydrogen-bond donors (Lipinski definition) is 3. The van der Waals surface area contributed by atoms with Gasteiger partial charge < -0.3 is 16.0 Å². The Kier molecular flexibility index (Phi) is 2.82. The number of aromatic nitrogens is 2. The molecule has 66 valence electrons. The van der Waals surface area contributed by atoms with Crippen molar-refractivity contribution in [3.05, 3.63) is 18.2 Å². The summed E-state index contributed by atoms with van der Waals surface area (Å²) < 4.78 is 0. The summed E-state index contributed by atoms with van der Waals surface area (Å²) >= 11 is 0. The molecule has 0 unspecified atom stereocenters. The molecule has 0 aliphatic heterocycles. The number of nitrogens with two attached hydrogens (primary N) is 1. The van der Waals surface area contributed by atoms with E-state index < -0.39 is 0 Å². The molecule has 0 bridgehead atoms. The third kappa shape index (κ3) is 2.06. The van der Waals surface area contributed by atoms with E-state index in [1.54, 1.807) is 12.4 Å². The zero-order chi connectivity index (χ0) is 8.97. The topological polar surface area (TPSA) is 83.8 Å². The van der Waals surface area contributed by atoms with E-state index in [-0.39, 0.29) is 18.5 Å². The smallest absolute Gasteiger partial charge is 0.234 e. The molecule has 0 saturated carbocycles. The van der Waals surface area contributed by atoms with Crippen LogP contribution in [0.3, 0.4) is 0 Å². The maximum atomic E-state index is 10.8. The highest BCUT2D eigenvalue weighted by molar-refractivity contribution is 5.78. The van der Waals surface area contributed by atoms with Gasteiger partial charge in [-0.25, -0.2) is 4.98 Å². The van der Waals surface area contributed by atoms with Gasteiger partial charge in [-0.3, -0.25) is 4.79 Å². The van der Waals surface area contributed by atoms with Gasteiger partial charge in [-0.05, 0) is 6.92 Å². The summed E-state index contributed by atoms with van der Waals surface area (Å²) in [5.74, 6) is 0.552. The maximum Gasteiger partial charge on any atom is 0.234 e. The third-order valence-electron chi connectivity index (χ3n) is 1.49. The number of hydrogen-bond acceptors (Lipinski definition) is 3. The molecular formula is C7H12N4O. The second-order valence-corrected chi connectivity index (χ2v) is 2.47. The molecule has 0 saturated heterocycles. The molecule has 1 rings (SSSR count). The Morgan fingerprint density at radius 3 is 3.17 bits per heavy atom. The molecule has 5 heteroatoms. The van der Waals surface area contributed by atoms with E-state index in [1.807, 2.05) is 6.92 Å². The Morgan fingerprint density at radius 2 is 2.67 bits per heavy atom. The van der Waals surface area contributed by atoms with E-state index in [0.29, 0.717) is 0 Å². The highest BCUT2D eigenvalue weighted by Gasteiger charge is 2.08. The van der Waals surface area contributed by atoms with Crippen LogP contribution in [0.25, 0.3) is 0 Å². The van der Waals surface area contributed by atoms with E-state index in [4.69, 9.17) is 5.73 Å². The van der Waals surface area contributed by atoms with Crippen LogP contribution in [-0.2, 0) is 4.79 Å². The van der Waals surface area contributed by atoms with Crippen molar-refractivity contribution in [3.63, 3.8) is 0 Å². The molecule has 0 aliphatic carbocycles. The van der Waals surface area contributed by atoms with Crippen LogP contribution >= 0.6 is 0 Å². The molecular weight excluding hydrogens is 156 g/mol. The van der Waals surface area contributed by atoms with Gasteiger partial charge in [-0.15, -0.1) is 0 Å². The first-order chi connectivity index (χ1) is 5.74. The Labute approximate surface area is 70.4 Å². The fourth-order valence-electron chi connectivity index (χ4n) is 0.883. The maximum absolute atomic E-state index is 10.8. The lowest BCUT2D eigenvalue weighted by atomic mass is 10.3. The quantitative estimate of drug-likeness (QED) is 0.571. The number of amides is 1. The van der Waals surface area contributed by atoms with E-state index >= 15 is 0 Å². The second-order valence-electron chi connectivity index (χ2n) is 2.47. The number of rotatable bonds is 3. The molecule has 1 amide bonds. The largest absolute Gasteiger partial charge is 0.347 e. The van der Waals surface area contributed by atoms with Gasteiger partial charge >= 0.3 is 0 Å². The average molecular weight is 168 g/mol. The molecule has 0 fully saturated rings. The minimum absolute atomic E-state index is 0.00501. The Morgan fingerprint density at radius 1 is 1.92 bits per heavy atom.